The molecular formula is C46H53N2O15S4+. The summed E-state index contributed by atoms with van der Waals surface area (Å²) in [5, 5.41) is 10.6. The summed E-state index contributed by atoms with van der Waals surface area (Å²) >= 11 is 0. The van der Waals surface area contributed by atoms with Crippen LogP contribution in [0, 0.1) is 0 Å². The molecule has 1 atom stereocenters. The molecule has 0 aromatic heterocycles. The zero-order valence-corrected chi connectivity index (χ0v) is 40.4. The lowest BCUT2D eigenvalue weighted by Crippen LogP contribution is -2.31. The lowest BCUT2D eigenvalue weighted by Gasteiger charge is -2.30. The van der Waals surface area contributed by atoms with E-state index < -0.39 is 72.8 Å². The van der Waals surface area contributed by atoms with Crippen molar-refractivity contribution >= 4 is 85.1 Å². The average molecular weight is 1000 g/mol. The van der Waals surface area contributed by atoms with E-state index in [1.165, 1.54) is 24.3 Å². The number of carboxylic acid groups (broad SMARTS) is 1. The highest BCUT2D eigenvalue weighted by Crippen LogP contribution is 2.53. The third-order valence-electron chi connectivity index (χ3n) is 12.3. The predicted molar refractivity (Wildman–Crippen MR) is 254 cm³/mol. The standard InChI is InChI=1S/C46H52N2O15S4/c1-45(2)40(47(24-12-8-11-16-42(49)50)37-22-20-34-36(43(37)45)29-33(66(57,58)59)30-39(34)67(60,61)62)14-9-6-5-7-10-15-41-46(3,23-13-27-64(51,52)53)44-35-28-32(65(54,55)56)19-17-31(35)18-21-38(44)48(41)25-26-63-4/h5-7,9-10,14-15,17-22,28-30H,8,11-13,16,23-27H2,1-4H3,(H4-,49,50,51,52,53,54,55,56,57,58,59,60,61,62)/p+1. The van der Waals surface area contributed by atoms with Gasteiger partial charge in [0.25, 0.3) is 40.5 Å². The van der Waals surface area contributed by atoms with Crippen LogP contribution in [0.4, 0.5) is 11.4 Å². The number of fused-ring (bicyclic) bond motifs is 6. The number of aliphatic carboxylic acids is 1. The van der Waals surface area contributed by atoms with E-state index in [4.69, 9.17) is 9.84 Å². The number of hydrogen-bond donors (Lipinski definition) is 5. The molecule has 0 saturated carbocycles. The van der Waals surface area contributed by atoms with Gasteiger partial charge in [0.15, 0.2) is 5.71 Å². The summed E-state index contributed by atoms with van der Waals surface area (Å²) in [6.45, 7) is 6.73. The molecule has 0 spiro atoms. The van der Waals surface area contributed by atoms with Crippen molar-refractivity contribution in [2.45, 2.75) is 84.8 Å². The summed E-state index contributed by atoms with van der Waals surface area (Å²) in [6.07, 6.45) is 14.4. The van der Waals surface area contributed by atoms with Crippen LogP contribution in [0.3, 0.4) is 0 Å². The van der Waals surface area contributed by atoms with Gasteiger partial charge in [-0.2, -0.15) is 38.2 Å². The molecule has 2 aliphatic heterocycles. The fourth-order valence-electron chi connectivity index (χ4n) is 9.32. The number of allylic oxidation sites excluding steroid dienone is 8. The van der Waals surface area contributed by atoms with Gasteiger partial charge in [0.05, 0.1) is 27.6 Å². The van der Waals surface area contributed by atoms with Crippen molar-refractivity contribution in [2.24, 2.45) is 0 Å². The molecule has 5 N–H and O–H groups in total. The molecule has 360 valence electrons. The molecule has 2 aliphatic rings. The number of methoxy groups -OCH3 is 1. The molecule has 0 bridgehead atoms. The van der Waals surface area contributed by atoms with Crippen molar-refractivity contribution in [3.63, 3.8) is 0 Å². The first-order valence-corrected chi connectivity index (χ1v) is 27.0. The largest absolute Gasteiger partial charge is 0.481 e. The van der Waals surface area contributed by atoms with Crippen LogP contribution < -0.4 is 4.90 Å². The number of carboxylic acids is 1. The molecule has 17 nitrogen and oxygen atoms in total. The van der Waals surface area contributed by atoms with E-state index in [0.717, 1.165) is 17.1 Å². The fraction of sp³-hybridized carbons (Fsp3) is 0.348. The minimum Gasteiger partial charge on any atom is -0.481 e. The quantitative estimate of drug-likeness (QED) is 0.0250. The zero-order chi connectivity index (χ0) is 49.3. The van der Waals surface area contributed by atoms with Gasteiger partial charge in [-0.25, -0.2) is 0 Å². The van der Waals surface area contributed by atoms with Crippen LogP contribution >= 0.6 is 0 Å². The normalized spacial score (nSPS) is 18.4. The Morgan fingerprint density at radius 1 is 0.716 bits per heavy atom. The van der Waals surface area contributed by atoms with Crippen LogP contribution in [-0.2, 0) is 60.8 Å². The Morgan fingerprint density at radius 2 is 1.37 bits per heavy atom. The Labute approximate surface area is 390 Å². The number of ether oxygens (including phenoxy) is 1. The molecule has 21 heteroatoms. The first kappa shape index (κ1) is 51.3. The lowest BCUT2D eigenvalue weighted by molar-refractivity contribution is -0.438. The average Bonchev–Trinajstić information content (AvgIpc) is 3.59. The van der Waals surface area contributed by atoms with Gasteiger partial charge < -0.3 is 14.7 Å². The fourth-order valence-corrected chi connectivity index (χ4v) is 11.7. The maximum Gasteiger partial charge on any atom is 0.303 e. The molecule has 4 aromatic rings. The Balaban J connectivity index is 1.39. The van der Waals surface area contributed by atoms with E-state index in [9.17, 15) is 56.7 Å². The summed E-state index contributed by atoms with van der Waals surface area (Å²) < 4.78 is 145. The van der Waals surface area contributed by atoms with Gasteiger partial charge in [0, 0.05) is 66.4 Å². The minimum absolute atomic E-state index is 0.00475. The zero-order valence-electron chi connectivity index (χ0n) is 37.2. The van der Waals surface area contributed by atoms with Crippen LogP contribution in [0.2, 0.25) is 0 Å². The van der Waals surface area contributed by atoms with Gasteiger partial charge >= 0.3 is 5.97 Å². The van der Waals surface area contributed by atoms with E-state index in [-0.39, 0.29) is 34.9 Å². The summed E-state index contributed by atoms with van der Waals surface area (Å²) in [4.78, 5) is 11.5. The molecule has 6 rings (SSSR count). The number of hydrogen-bond acceptors (Lipinski definition) is 11. The lowest BCUT2D eigenvalue weighted by atomic mass is 9.76. The van der Waals surface area contributed by atoms with Crippen molar-refractivity contribution in [1.29, 1.82) is 0 Å². The number of rotatable bonds is 20. The molecule has 0 aliphatic carbocycles. The maximum atomic E-state index is 12.5. The molecule has 0 saturated heterocycles. The molecule has 4 aromatic carbocycles. The van der Waals surface area contributed by atoms with Crippen molar-refractivity contribution < 1.29 is 71.1 Å². The summed E-state index contributed by atoms with van der Waals surface area (Å²) in [5.41, 5.74) is 2.23. The van der Waals surface area contributed by atoms with Gasteiger partial charge in [0.2, 0.25) is 5.69 Å². The van der Waals surface area contributed by atoms with E-state index in [2.05, 4.69) is 0 Å². The molecule has 2 heterocycles. The molecule has 0 amide bonds. The number of benzene rings is 4. The molecule has 67 heavy (non-hydrogen) atoms. The topological polar surface area (TPSA) is 270 Å². The van der Waals surface area contributed by atoms with Gasteiger partial charge in [0.1, 0.15) is 11.4 Å². The van der Waals surface area contributed by atoms with Crippen molar-refractivity contribution in [3.8, 4) is 0 Å². The van der Waals surface area contributed by atoms with E-state index in [0.29, 0.717) is 72.6 Å². The molecule has 1 unspecified atom stereocenters. The number of carbonyl (C=O) groups is 1. The second kappa shape index (κ2) is 19.5. The molecule has 0 radical (unpaired) electrons. The first-order valence-electron chi connectivity index (χ1n) is 21.1. The van der Waals surface area contributed by atoms with E-state index in [1.807, 2.05) is 54.5 Å². The van der Waals surface area contributed by atoms with Gasteiger partial charge in [-0.05, 0) is 111 Å². The highest BCUT2D eigenvalue weighted by Gasteiger charge is 2.47. The Kier molecular flexibility index (Phi) is 14.9. The van der Waals surface area contributed by atoms with Crippen LogP contribution in [0.15, 0.2) is 118 Å². The number of unbranched alkanes of at least 4 members (excludes halogenated alkanes) is 2. The number of anilines is 1. The minimum atomic E-state index is -4.95. The summed E-state index contributed by atoms with van der Waals surface area (Å²) in [5.74, 6) is -1.42. The smallest absolute Gasteiger partial charge is 0.303 e. The Morgan fingerprint density at radius 3 is 2.01 bits per heavy atom. The third kappa shape index (κ3) is 11.1. The second-order valence-corrected chi connectivity index (χ2v) is 23.0. The predicted octanol–water partition coefficient (Wildman–Crippen LogP) is 7.40. The Bertz CT molecular complexity index is 3260. The van der Waals surface area contributed by atoms with E-state index >= 15 is 0 Å². The molecule has 0 fully saturated rings. The summed E-state index contributed by atoms with van der Waals surface area (Å²) in [6, 6.07) is 13.0. The third-order valence-corrected chi connectivity index (χ3v) is 15.6. The van der Waals surface area contributed by atoms with Gasteiger partial charge in [-0.1, -0.05) is 42.5 Å². The van der Waals surface area contributed by atoms with Crippen molar-refractivity contribution in [1.82, 2.24) is 0 Å². The highest BCUT2D eigenvalue weighted by molar-refractivity contribution is 7.87. The number of nitrogens with zero attached hydrogens (tertiary/aromatic N) is 2. The van der Waals surface area contributed by atoms with Crippen LogP contribution in [0.1, 0.15) is 70.4 Å². The summed E-state index contributed by atoms with van der Waals surface area (Å²) in [7, 11) is -17.2. The van der Waals surface area contributed by atoms with E-state index in [1.54, 1.807) is 49.6 Å². The Hall–Kier alpha value is -5.10. The van der Waals surface area contributed by atoms with Crippen LogP contribution in [-0.4, -0.2) is 106 Å². The van der Waals surface area contributed by atoms with Crippen molar-refractivity contribution in [2.75, 3.05) is 37.5 Å². The van der Waals surface area contributed by atoms with Crippen LogP contribution in [0.5, 0.6) is 0 Å². The van der Waals surface area contributed by atoms with Gasteiger partial charge in [-0.15, -0.1) is 0 Å². The molecular weight excluding hydrogens is 949 g/mol. The maximum absolute atomic E-state index is 12.5. The first-order chi connectivity index (χ1) is 31.2. The monoisotopic (exact) mass is 1000 g/mol. The highest BCUT2D eigenvalue weighted by atomic mass is 32.2. The van der Waals surface area contributed by atoms with Gasteiger partial charge in [-0.3, -0.25) is 23.0 Å². The van der Waals surface area contributed by atoms with Crippen LogP contribution in [0.25, 0.3) is 21.5 Å². The van der Waals surface area contributed by atoms with Crippen molar-refractivity contribution in [3.05, 3.63) is 114 Å². The SMILES string of the molecule is COCCN1C(=CC=CC=CC=CC2=[N+](CCCCCC(=O)O)c3ccc4c(S(=O)(=O)O)cc(S(=O)(=O)O)cc4c3C2(C)C)C(C)(CCCS(=O)(=O)O)c2c1ccc1ccc(S(=O)(=O)O)cc21. The second-order valence-electron chi connectivity index (χ2n) is 17.2.